The van der Waals surface area contributed by atoms with Crippen LogP contribution in [0.5, 0.6) is 0 Å². The molecule has 2 heterocycles. The summed E-state index contributed by atoms with van der Waals surface area (Å²) in [6.45, 7) is 6.23. The van der Waals surface area contributed by atoms with E-state index in [0.29, 0.717) is 31.7 Å². The van der Waals surface area contributed by atoms with Gasteiger partial charge in [-0.3, -0.25) is 19.4 Å². The molecule has 0 radical (unpaired) electrons. The molecule has 1 saturated heterocycles. The molecule has 162 valence electrons. The summed E-state index contributed by atoms with van der Waals surface area (Å²) in [6.07, 6.45) is 0.686. The van der Waals surface area contributed by atoms with Crippen LogP contribution in [0, 0.1) is 12.7 Å². The van der Waals surface area contributed by atoms with E-state index in [1.807, 2.05) is 31.2 Å². The molecule has 0 saturated carbocycles. The molecule has 2 aliphatic rings. The molecule has 0 spiro atoms. The Kier molecular flexibility index (Phi) is 6.44. The number of anilines is 1. The summed E-state index contributed by atoms with van der Waals surface area (Å²) in [4.78, 5) is 30.0. The van der Waals surface area contributed by atoms with Gasteiger partial charge >= 0.3 is 0 Å². The van der Waals surface area contributed by atoms with Crippen molar-refractivity contribution in [3.8, 4) is 0 Å². The summed E-state index contributed by atoms with van der Waals surface area (Å²) in [5, 5.41) is 3.14. The number of ether oxygens (including phenoxy) is 1. The fourth-order valence-corrected chi connectivity index (χ4v) is 3.92. The van der Waals surface area contributed by atoms with Crippen LogP contribution in [0.25, 0.3) is 5.57 Å². The third kappa shape index (κ3) is 4.84. The minimum Gasteiger partial charge on any atom is -0.379 e. The number of benzene rings is 2. The van der Waals surface area contributed by atoms with Crippen molar-refractivity contribution >= 4 is 23.1 Å². The quantitative estimate of drug-likeness (QED) is 0.694. The van der Waals surface area contributed by atoms with Gasteiger partial charge in [-0.1, -0.05) is 24.3 Å². The lowest BCUT2D eigenvalue weighted by Gasteiger charge is -2.27. The van der Waals surface area contributed by atoms with Crippen LogP contribution in [-0.4, -0.2) is 61.0 Å². The molecule has 2 aliphatic heterocycles. The standard InChI is InChI=1S/C24H26FN3O3/c1-17-4-2-5-20(16-17)26-22-21(18-6-8-19(25)9-7-18)23(29)28(24(22)30)11-3-10-27-12-14-31-15-13-27/h2,4-9,16,26H,3,10-15H2,1H3. The summed E-state index contributed by atoms with van der Waals surface area (Å²) >= 11 is 0. The van der Waals surface area contributed by atoms with E-state index < -0.39 is 5.82 Å². The van der Waals surface area contributed by atoms with Crippen molar-refractivity contribution in [2.45, 2.75) is 13.3 Å². The van der Waals surface area contributed by atoms with E-state index in [2.05, 4.69) is 10.2 Å². The van der Waals surface area contributed by atoms with Gasteiger partial charge in [0.05, 0.1) is 18.8 Å². The zero-order valence-electron chi connectivity index (χ0n) is 17.6. The zero-order valence-corrected chi connectivity index (χ0v) is 17.6. The van der Waals surface area contributed by atoms with Crippen LogP contribution in [0.4, 0.5) is 10.1 Å². The minimum absolute atomic E-state index is 0.230. The van der Waals surface area contributed by atoms with Crippen molar-refractivity contribution in [1.29, 1.82) is 0 Å². The van der Waals surface area contributed by atoms with Gasteiger partial charge in [0.2, 0.25) is 0 Å². The normalized spacial score (nSPS) is 17.5. The fourth-order valence-electron chi connectivity index (χ4n) is 3.92. The van der Waals surface area contributed by atoms with Gasteiger partial charge in [0.15, 0.2) is 0 Å². The Morgan fingerprint density at radius 3 is 2.45 bits per heavy atom. The topological polar surface area (TPSA) is 61.9 Å². The number of nitrogens with one attached hydrogen (secondary N) is 1. The first-order valence-electron chi connectivity index (χ1n) is 10.5. The molecule has 31 heavy (non-hydrogen) atoms. The van der Waals surface area contributed by atoms with Gasteiger partial charge in [0, 0.05) is 31.9 Å². The summed E-state index contributed by atoms with van der Waals surface area (Å²) < 4.78 is 18.8. The average Bonchev–Trinajstić information content (AvgIpc) is 2.99. The Bertz CT molecular complexity index is 997. The SMILES string of the molecule is Cc1cccc(NC2=C(c3ccc(F)cc3)C(=O)N(CCCN3CCOCC3)C2=O)c1. The molecule has 1 N–H and O–H groups in total. The first-order chi connectivity index (χ1) is 15.0. The summed E-state index contributed by atoms with van der Waals surface area (Å²) in [6, 6.07) is 13.3. The van der Waals surface area contributed by atoms with Crippen LogP contribution in [0.15, 0.2) is 54.2 Å². The van der Waals surface area contributed by atoms with E-state index in [-0.39, 0.29) is 23.1 Å². The number of aryl methyl sites for hydroxylation is 1. The van der Waals surface area contributed by atoms with Gasteiger partial charge < -0.3 is 10.1 Å². The lowest BCUT2D eigenvalue weighted by atomic mass is 10.0. The van der Waals surface area contributed by atoms with Crippen molar-refractivity contribution in [1.82, 2.24) is 9.80 Å². The van der Waals surface area contributed by atoms with E-state index in [4.69, 9.17) is 4.74 Å². The van der Waals surface area contributed by atoms with E-state index in [1.165, 1.54) is 29.2 Å². The van der Waals surface area contributed by atoms with Gasteiger partial charge in [-0.25, -0.2) is 4.39 Å². The van der Waals surface area contributed by atoms with E-state index in [0.717, 1.165) is 30.9 Å². The highest BCUT2D eigenvalue weighted by Gasteiger charge is 2.39. The number of halogens is 1. The second-order valence-electron chi connectivity index (χ2n) is 7.82. The predicted octanol–water partition coefficient (Wildman–Crippen LogP) is 3.05. The maximum atomic E-state index is 13.4. The molecular formula is C24H26FN3O3. The highest BCUT2D eigenvalue weighted by molar-refractivity contribution is 6.36. The van der Waals surface area contributed by atoms with Crippen molar-refractivity contribution in [3.63, 3.8) is 0 Å². The van der Waals surface area contributed by atoms with Crippen LogP contribution in [0.3, 0.4) is 0 Å². The highest BCUT2D eigenvalue weighted by Crippen LogP contribution is 2.31. The van der Waals surface area contributed by atoms with Crippen LogP contribution in [0.2, 0.25) is 0 Å². The van der Waals surface area contributed by atoms with Gasteiger partial charge in [-0.05, 0) is 48.7 Å². The monoisotopic (exact) mass is 423 g/mol. The summed E-state index contributed by atoms with van der Waals surface area (Å²) in [5.74, 6) is -1.10. The molecule has 7 heteroatoms. The number of carbonyl (C=O) groups is 2. The molecule has 2 amide bonds. The number of carbonyl (C=O) groups excluding carboxylic acids is 2. The van der Waals surface area contributed by atoms with Crippen molar-refractivity contribution in [2.24, 2.45) is 0 Å². The Balaban J connectivity index is 1.56. The number of hydrogen-bond donors (Lipinski definition) is 1. The van der Waals surface area contributed by atoms with E-state index in [9.17, 15) is 14.0 Å². The van der Waals surface area contributed by atoms with Gasteiger partial charge in [-0.15, -0.1) is 0 Å². The Labute approximate surface area is 181 Å². The number of amides is 2. The van der Waals surface area contributed by atoms with Crippen LogP contribution < -0.4 is 5.32 Å². The maximum Gasteiger partial charge on any atom is 0.278 e. The minimum atomic E-state index is -0.392. The second kappa shape index (κ2) is 9.41. The summed E-state index contributed by atoms with van der Waals surface area (Å²) in [5.41, 5.74) is 2.79. The number of morpholine rings is 1. The van der Waals surface area contributed by atoms with Gasteiger partial charge in [0.25, 0.3) is 11.8 Å². The fraction of sp³-hybridized carbons (Fsp3) is 0.333. The second-order valence-corrected chi connectivity index (χ2v) is 7.82. The number of nitrogens with zero attached hydrogens (tertiary/aromatic N) is 2. The molecule has 2 aromatic carbocycles. The van der Waals surface area contributed by atoms with Crippen molar-refractivity contribution in [3.05, 3.63) is 71.2 Å². The molecule has 0 unspecified atom stereocenters. The first-order valence-corrected chi connectivity index (χ1v) is 10.5. The molecular weight excluding hydrogens is 397 g/mol. The van der Waals surface area contributed by atoms with Crippen LogP contribution in [-0.2, 0) is 14.3 Å². The number of rotatable bonds is 7. The van der Waals surface area contributed by atoms with Gasteiger partial charge in [-0.2, -0.15) is 0 Å². The predicted molar refractivity (Wildman–Crippen MR) is 117 cm³/mol. The molecule has 0 aliphatic carbocycles. The number of imide groups is 1. The maximum absolute atomic E-state index is 13.4. The lowest BCUT2D eigenvalue weighted by Crippen LogP contribution is -2.39. The van der Waals surface area contributed by atoms with Crippen LogP contribution in [0.1, 0.15) is 17.5 Å². The third-order valence-corrected chi connectivity index (χ3v) is 5.55. The Morgan fingerprint density at radius 1 is 1.00 bits per heavy atom. The number of hydrogen-bond acceptors (Lipinski definition) is 5. The van der Waals surface area contributed by atoms with Crippen molar-refractivity contribution in [2.75, 3.05) is 44.7 Å². The van der Waals surface area contributed by atoms with E-state index >= 15 is 0 Å². The largest absolute Gasteiger partial charge is 0.379 e. The van der Waals surface area contributed by atoms with Crippen LogP contribution >= 0.6 is 0 Å². The molecule has 6 nitrogen and oxygen atoms in total. The molecule has 0 atom stereocenters. The van der Waals surface area contributed by atoms with E-state index in [1.54, 1.807) is 0 Å². The Hall–Kier alpha value is -3.03. The van der Waals surface area contributed by atoms with Gasteiger partial charge in [0.1, 0.15) is 11.5 Å². The lowest BCUT2D eigenvalue weighted by molar-refractivity contribution is -0.136. The molecule has 1 fully saturated rings. The highest BCUT2D eigenvalue weighted by atomic mass is 19.1. The third-order valence-electron chi connectivity index (χ3n) is 5.55. The average molecular weight is 423 g/mol. The molecule has 0 aromatic heterocycles. The zero-order chi connectivity index (χ0) is 21.8. The molecule has 2 aromatic rings. The molecule has 4 rings (SSSR count). The van der Waals surface area contributed by atoms with Crippen molar-refractivity contribution < 1.29 is 18.7 Å². The summed E-state index contributed by atoms with van der Waals surface area (Å²) in [7, 11) is 0. The first kappa shape index (κ1) is 21.2. The molecule has 0 bridgehead atoms. The Morgan fingerprint density at radius 2 is 1.74 bits per heavy atom. The smallest absolute Gasteiger partial charge is 0.278 e.